The summed E-state index contributed by atoms with van der Waals surface area (Å²) in [6.45, 7) is 3.68. The lowest BCUT2D eigenvalue weighted by Crippen LogP contribution is -2.34. The third kappa shape index (κ3) is 6.03. The van der Waals surface area contributed by atoms with E-state index in [1.165, 1.54) is 6.92 Å². The molecule has 0 fully saturated rings. The van der Waals surface area contributed by atoms with Crippen molar-refractivity contribution in [2.75, 3.05) is 18.0 Å². The number of alkyl halides is 3. The summed E-state index contributed by atoms with van der Waals surface area (Å²) in [5.41, 5.74) is -0.958. The van der Waals surface area contributed by atoms with E-state index >= 15 is 0 Å². The predicted octanol–water partition coefficient (Wildman–Crippen LogP) is 4.02. The molecule has 8 heteroatoms. The van der Waals surface area contributed by atoms with Crippen molar-refractivity contribution in [3.8, 4) is 0 Å². The van der Waals surface area contributed by atoms with E-state index in [-0.39, 0.29) is 29.6 Å². The standard InChI is InChI=1S/C16H20ClF3N2O2/c1-3-4-8-21-15(24)7-9-22(11(2)23)14-10-12(16(18,19)20)5-6-13(14)17/h5-6,10H,3-4,7-9H2,1-2H3,(H,21,24). The predicted molar refractivity (Wildman–Crippen MR) is 87.0 cm³/mol. The molecule has 0 aromatic heterocycles. The van der Waals surface area contributed by atoms with Crippen molar-refractivity contribution in [1.29, 1.82) is 0 Å². The smallest absolute Gasteiger partial charge is 0.356 e. The van der Waals surface area contributed by atoms with Crippen LogP contribution in [0.25, 0.3) is 0 Å². The molecule has 1 aromatic rings. The molecule has 24 heavy (non-hydrogen) atoms. The molecule has 0 aliphatic rings. The topological polar surface area (TPSA) is 49.4 Å². The molecule has 0 atom stereocenters. The van der Waals surface area contributed by atoms with Crippen LogP contribution < -0.4 is 10.2 Å². The van der Waals surface area contributed by atoms with Gasteiger partial charge in [0.05, 0.1) is 16.3 Å². The first kappa shape index (κ1) is 20.3. The van der Waals surface area contributed by atoms with Gasteiger partial charge in [0, 0.05) is 26.4 Å². The summed E-state index contributed by atoms with van der Waals surface area (Å²) < 4.78 is 38.5. The minimum Gasteiger partial charge on any atom is -0.356 e. The molecule has 1 aromatic carbocycles. The van der Waals surface area contributed by atoms with Gasteiger partial charge < -0.3 is 10.2 Å². The summed E-state index contributed by atoms with van der Waals surface area (Å²) >= 11 is 5.94. The number of rotatable bonds is 7. The number of carbonyl (C=O) groups excluding carboxylic acids is 2. The third-order valence-electron chi connectivity index (χ3n) is 3.36. The number of carbonyl (C=O) groups is 2. The van der Waals surface area contributed by atoms with E-state index in [2.05, 4.69) is 5.32 Å². The van der Waals surface area contributed by atoms with E-state index in [1.807, 2.05) is 6.92 Å². The number of nitrogens with one attached hydrogen (secondary N) is 1. The van der Waals surface area contributed by atoms with E-state index in [1.54, 1.807) is 0 Å². The number of nitrogens with zero attached hydrogens (tertiary/aromatic N) is 1. The number of anilines is 1. The zero-order valence-electron chi connectivity index (χ0n) is 13.5. The number of benzene rings is 1. The van der Waals surface area contributed by atoms with Crippen LogP contribution in [0.15, 0.2) is 18.2 Å². The summed E-state index contributed by atoms with van der Waals surface area (Å²) in [6, 6.07) is 2.76. The van der Waals surface area contributed by atoms with Gasteiger partial charge in [-0.05, 0) is 24.6 Å². The first-order valence-corrected chi connectivity index (χ1v) is 7.96. The van der Waals surface area contributed by atoms with Crippen LogP contribution in [0.3, 0.4) is 0 Å². The highest BCUT2D eigenvalue weighted by molar-refractivity contribution is 6.33. The highest BCUT2D eigenvalue weighted by Crippen LogP contribution is 2.35. The van der Waals surface area contributed by atoms with Crippen LogP contribution in [0.4, 0.5) is 18.9 Å². The van der Waals surface area contributed by atoms with Crippen molar-refractivity contribution in [2.24, 2.45) is 0 Å². The van der Waals surface area contributed by atoms with Crippen LogP contribution in [0.5, 0.6) is 0 Å². The lowest BCUT2D eigenvalue weighted by atomic mass is 10.1. The van der Waals surface area contributed by atoms with Crippen molar-refractivity contribution in [2.45, 2.75) is 39.3 Å². The van der Waals surface area contributed by atoms with Gasteiger partial charge in [0.1, 0.15) is 0 Å². The molecule has 0 saturated carbocycles. The number of hydrogen-bond acceptors (Lipinski definition) is 2. The molecule has 0 saturated heterocycles. The maximum Gasteiger partial charge on any atom is 0.416 e. The van der Waals surface area contributed by atoms with Gasteiger partial charge in [-0.15, -0.1) is 0 Å². The number of hydrogen-bond donors (Lipinski definition) is 1. The number of halogens is 4. The van der Waals surface area contributed by atoms with Gasteiger partial charge in [-0.1, -0.05) is 24.9 Å². The van der Waals surface area contributed by atoms with Gasteiger partial charge in [0.2, 0.25) is 11.8 Å². The Hall–Kier alpha value is -1.76. The molecule has 0 heterocycles. The van der Waals surface area contributed by atoms with Crippen molar-refractivity contribution in [1.82, 2.24) is 5.32 Å². The Morgan fingerprint density at radius 2 is 1.96 bits per heavy atom. The molecule has 0 aliphatic heterocycles. The maximum atomic E-state index is 12.8. The fraction of sp³-hybridized carbons (Fsp3) is 0.500. The lowest BCUT2D eigenvalue weighted by Gasteiger charge is -2.23. The Kier molecular flexibility index (Phi) is 7.54. The van der Waals surface area contributed by atoms with E-state index in [4.69, 9.17) is 11.6 Å². The molecular weight excluding hydrogens is 345 g/mol. The second-order valence-corrected chi connectivity index (χ2v) is 5.70. The normalized spacial score (nSPS) is 11.2. The minimum atomic E-state index is -4.54. The average molecular weight is 365 g/mol. The Bertz CT molecular complexity index is 591. The summed E-state index contributed by atoms with van der Waals surface area (Å²) in [7, 11) is 0. The second-order valence-electron chi connectivity index (χ2n) is 5.29. The summed E-state index contributed by atoms with van der Waals surface area (Å²) in [4.78, 5) is 24.6. The van der Waals surface area contributed by atoms with E-state index in [0.29, 0.717) is 6.54 Å². The molecule has 0 aliphatic carbocycles. The zero-order chi connectivity index (χ0) is 18.3. The van der Waals surface area contributed by atoms with E-state index in [9.17, 15) is 22.8 Å². The third-order valence-corrected chi connectivity index (χ3v) is 3.68. The van der Waals surface area contributed by atoms with Gasteiger partial charge in [-0.25, -0.2) is 0 Å². The fourth-order valence-electron chi connectivity index (χ4n) is 2.05. The molecule has 134 valence electrons. The Balaban J connectivity index is 2.89. The summed E-state index contributed by atoms with van der Waals surface area (Å²) in [5.74, 6) is -0.754. The van der Waals surface area contributed by atoms with Gasteiger partial charge in [-0.2, -0.15) is 13.2 Å². The lowest BCUT2D eigenvalue weighted by molar-refractivity contribution is -0.137. The largest absolute Gasteiger partial charge is 0.416 e. The van der Waals surface area contributed by atoms with Crippen LogP contribution in [-0.4, -0.2) is 24.9 Å². The van der Waals surface area contributed by atoms with Crippen LogP contribution in [0.1, 0.15) is 38.7 Å². The highest BCUT2D eigenvalue weighted by atomic mass is 35.5. The Morgan fingerprint density at radius 1 is 1.29 bits per heavy atom. The molecule has 0 bridgehead atoms. The maximum absolute atomic E-state index is 12.8. The van der Waals surface area contributed by atoms with Gasteiger partial charge in [-0.3, -0.25) is 9.59 Å². The molecule has 2 amide bonds. The minimum absolute atomic E-state index is 0.0180. The summed E-state index contributed by atoms with van der Waals surface area (Å²) in [6.07, 6.45) is -2.80. The highest BCUT2D eigenvalue weighted by Gasteiger charge is 2.32. The van der Waals surface area contributed by atoms with Gasteiger partial charge in [0.15, 0.2) is 0 Å². The molecule has 1 N–H and O–H groups in total. The molecule has 0 spiro atoms. The van der Waals surface area contributed by atoms with Crippen LogP contribution in [0.2, 0.25) is 5.02 Å². The second kappa shape index (κ2) is 8.92. The quantitative estimate of drug-likeness (QED) is 0.743. The SMILES string of the molecule is CCCCNC(=O)CCN(C(C)=O)c1cc(C(F)(F)F)ccc1Cl. The monoisotopic (exact) mass is 364 g/mol. The molecule has 0 radical (unpaired) electrons. The van der Waals surface area contributed by atoms with E-state index < -0.39 is 17.6 Å². The number of amides is 2. The average Bonchev–Trinajstić information content (AvgIpc) is 2.48. The first-order valence-electron chi connectivity index (χ1n) is 7.58. The molecule has 0 unspecified atom stereocenters. The van der Waals surface area contributed by atoms with Crippen LogP contribution in [-0.2, 0) is 15.8 Å². The van der Waals surface area contributed by atoms with Crippen molar-refractivity contribution in [3.05, 3.63) is 28.8 Å². The van der Waals surface area contributed by atoms with Gasteiger partial charge in [0.25, 0.3) is 0 Å². The first-order chi connectivity index (χ1) is 11.2. The zero-order valence-corrected chi connectivity index (χ0v) is 14.3. The van der Waals surface area contributed by atoms with Crippen molar-refractivity contribution >= 4 is 29.1 Å². The van der Waals surface area contributed by atoms with Crippen molar-refractivity contribution in [3.63, 3.8) is 0 Å². The summed E-state index contributed by atoms with van der Waals surface area (Å²) in [5, 5.41) is 2.71. The fourth-order valence-corrected chi connectivity index (χ4v) is 2.27. The Labute approximate surface area is 144 Å². The number of unbranched alkanes of at least 4 members (excludes halogenated alkanes) is 1. The molecule has 4 nitrogen and oxygen atoms in total. The van der Waals surface area contributed by atoms with Gasteiger partial charge >= 0.3 is 6.18 Å². The van der Waals surface area contributed by atoms with Crippen LogP contribution in [0, 0.1) is 0 Å². The van der Waals surface area contributed by atoms with Crippen LogP contribution >= 0.6 is 11.6 Å². The Morgan fingerprint density at radius 3 is 2.50 bits per heavy atom. The van der Waals surface area contributed by atoms with E-state index in [0.717, 1.165) is 35.9 Å². The molecular formula is C16H20ClF3N2O2. The molecule has 1 rings (SSSR count). The van der Waals surface area contributed by atoms with Crippen molar-refractivity contribution < 1.29 is 22.8 Å².